The summed E-state index contributed by atoms with van der Waals surface area (Å²) in [6.07, 6.45) is 3.88. The van der Waals surface area contributed by atoms with Crippen LogP contribution in [-0.4, -0.2) is 20.6 Å². The van der Waals surface area contributed by atoms with Gasteiger partial charge in [0.15, 0.2) is 0 Å². The lowest BCUT2D eigenvalue weighted by atomic mass is 10.1. The lowest BCUT2D eigenvalue weighted by Crippen LogP contribution is -2.27. The van der Waals surface area contributed by atoms with Gasteiger partial charge < -0.3 is 4.57 Å². The van der Waals surface area contributed by atoms with Crippen molar-refractivity contribution in [3.05, 3.63) is 124 Å². The Morgan fingerprint density at radius 2 is 1.50 bits per heavy atom. The number of hydrogen-bond donors (Lipinski definition) is 0. The standard InChI is InChI=1S/C30H21ClN2O2S/c31-25-13-10-20(11-14-25)17-32-19-24(26-7-3-4-8-27(26)32)16-28-29(34)33(30(35)36-28)18-21-9-12-22-5-1-2-6-23(22)15-21/h1-16,19H,17-18H2/b28-16-. The number of rotatable bonds is 5. The lowest BCUT2D eigenvalue weighted by Gasteiger charge is -2.13. The highest BCUT2D eigenvalue weighted by Gasteiger charge is 2.35. The Kier molecular flexibility index (Phi) is 5.88. The molecule has 1 fully saturated rings. The molecule has 0 aliphatic carbocycles. The van der Waals surface area contributed by atoms with E-state index in [1.165, 1.54) is 4.90 Å². The Labute approximate surface area is 217 Å². The van der Waals surface area contributed by atoms with E-state index in [2.05, 4.69) is 10.6 Å². The molecule has 2 heterocycles. The highest BCUT2D eigenvalue weighted by molar-refractivity contribution is 8.18. The molecule has 1 saturated heterocycles. The Morgan fingerprint density at radius 1 is 0.778 bits per heavy atom. The van der Waals surface area contributed by atoms with Gasteiger partial charge in [-0.05, 0) is 64.0 Å². The van der Waals surface area contributed by atoms with E-state index in [4.69, 9.17) is 11.6 Å². The van der Waals surface area contributed by atoms with E-state index in [-0.39, 0.29) is 17.7 Å². The van der Waals surface area contributed by atoms with Crippen LogP contribution in [0.15, 0.2) is 102 Å². The number of carbonyl (C=O) groups is 2. The fourth-order valence-electron chi connectivity index (χ4n) is 4.60. The second kappa shape index (κ2) is 9.34. The summed E-state index contributed by atoms with van der Waals surface area (Å²) < 4.78 is 2.16. The molecule has 0 spiro atoms. The molecule has 0 bridgehead atoms. The largest absolute Gasteiger partial charge is 0.342 e. The Morgan fingerprint density at radius 3 is 2.33 bits per heavy atom. The normalized spacial score (nSPS) is 15.0. The quantitative estimate of drug-likeness (QED) is 0.228. The predicted octanol–water partition coefficient (Wildman–Crippen LogP) is 7.73. The third-order valence-corrected chi connectivity index (χ3v) is 7.56. The van der Waals surface area contributed by atoms with Crippen LogP contribution in [0, 0.1) is 0 Å². The van der Waals surface area contributed by atoms with Crippen molar-refractivity contribution >= 4 is 62.3 Å². The molecular weight excluding hydrogens is 488 g/mol. The van der Waals surface area contributed by atoms with Crippen LogP contribution in [0.2, 0.25) is 5.02 Å². The predicted molar refractivity (Wildman–Crippen MR) is 148 cm³/mol. The number of para-hydroxylation sites is 1. The Bertz CT molecular complexity index is 1670. The molecule has 176 valence electrons. The van der Waals surface area contributed by atoms with Crippen molar-refractivity contribution in [3.8, 4) is 0 Å². The molecule has 0 unspecified atom stereocenters. The molecule has 1 aliphatic heterocycles. The third kappa shape index (κ3) is 4.32. The number of halogens is 1. The van der Waals surface area contributed by atoms with Gasteiger partial charge in [-0.2, -0.15) is 0 Å². The molecule has 1 aliphatic rings. The van der Waals surface area contributed by atoms with Gasteiger partial charge in [0.25, 0.3) is 11.1 Å². The number of amides is 2. The van der Waals surface area contributed by atoms with Crippen LogP contribution in [0.4, 0.5) is 4.79 Å². The second-order valence-corrected chi connectivity index (χ2v) is 10.2. The minimum atomic E-state index is -0.257. The van der Waals surface area contributed by atoms with Crippen LogP contribution >= 0.6 is 23.4 Å². The van der Waals surface area contributed by atoms with Crippen LogP contribution in [0.5, 0.6) is 0 Å². The molecule has 5 aromatic rings. The van der Waals surface area contributed by atoms with Gasteiger partial charge in [-0.1, -0.05) is 78.3 Å². The third-order valence-electron chi connectivity index (χ3n) is 6.40. The number of nitrogens with zero attached hydrogens (tertiary/aromatic N) is 2. The number of thioether (sulfide) groups is 1. The molecule has 0 radical (unpaired) electrons. The van der Waals surface area contributed by atoms with Gasteiger partial charge in [-0.25, -0.2) is 0 Å². The van der Waals surface area contributed by atoms with E-state index in [0.717, 1.165) is 50.1 Å². The first-order valence-electron chi connectivity index (χ1n) is 11.6. The Balaban J connectivity index is 1.29. The van der Waals surface area contributed by atoms with Gasteiger partial charge in [0, 0.05) is 34.2 Å². The summed E-state index contributed by atoms with van der Waals surface area (Å²) in [6, 6.07) is 30.0. The zero-order valence-corrected chi connectivity index (χ0v) is 20.8. The summed E-state index contributed by atoms with van der Waals surface area (Å²) in [6.45, 7) is 0.931. The SMILES string of the molecule is O=C1S/C(=C\c2cn(Cc3ccc(Cl)cc3)c3ccccc23)C(=O)N1Cc1ccc2ccccc2c1. The highest BCUT2D eigenvalue weighted by atomic mass is 35.5. The van der Waals surface area contributed by atoms with Gasteiger partial charge in [-0.15, -0.1) is 0 Å². The molecule has 2 amide bonds. The lowest BCUT2D eigenvalue weighted by molar-refractivity contribution is -0.123. The summed E-state index contributed by atoms with van der Waals surface area (Å²) in [5, 5.41) is 3.71. The van der Waals surface area contributed by atoms with Crippen molar-refractivity contribution in [2.75, 3.05) is 0 Å². The number of carbonyl (C=O) groups excluding carboxylic acids is 2. The van der Waals surface area contributed by atoms with E-state index in [1.54, 1.807) is 0 Å². The molecule has 4 aromatic carbocycles. The average Bonchev–Trinajstić information content (AvgIpc) is 3.37. The van der Waals surface area contributed by atoms with Crippen molar-refractivity contribution in [1.82, 2.24) is 9.47 Å². The van der Waals surface area contributed by atoms with E-state index < -0.39 is 0 Å². The first-order valence-corrected chi connectivity index (χ1v) is 12.8. The number of benzene rings is 4. The zero-order valence-electron chi connectivity index (χ0n) is 19.2. The number of hydrogen-bond acceptors (Lipinski definition) is 3. The minimum absolute atomic E-state index is 0.246. The van der Waals surface area contributed by atoms with Crippen LogP contribution in [0.25, 0.3) is 27.8 Å². The van der Waals surface area contributed by atoms with Crippen molar-refractivity contribution in [2.24, 2.45) is 0 Å². The monoisotopic (exact) mass is 508 g/mol. The molecule has 1 aromatic heterocycles. The summed E-state index contributed by atoms with van der Waals surface area (Å²) in [4.78, 5) is 27.8. The number of fused-ring (bicyclic) bond motifs is 2. The van der Waals surface area contributed by atoms with Crippen molar-refractivity contribution < 1.29 is 9.59 Å². The van der Waals surface area contributed by atoms with Crippen LogP contribution in [0.1, 0.15) is 16.7 Å². The second-order valence-electron chi connectivity index (χ2n) is 8.81. The van der Waals surface area contributed by atoms with E-state index in [1.807, 2.05) is 97.2 Å². The molecule has 0 atom stereocenters. The van der Waals surface area contributed by atoms with Gasteiger partial charge in [0.2, 0.25) is 0 Å². The molecular formula is C30H21ClN2O2S. The maximum Gasteiger partial charge on any atom is 0.293 e. The van der Waals surface area contributed by atoms with E-state index >= 15 is 0 Å². The Hall–Kier alpha value is -3.80. The molecule has 0 saturated carbocycles. The molecule has 4 nitrogen and oxygen atoms in total. The smallest absolute Gasteiger partial charge is 0.293 e. The first-order chi connectivity index (χ1) is 17.5. The fraction of sp³-hybridized carbons (Fsp3) is 0.0667. The maximum atomic E-state index is 13.3. The topological polar surface area (TPSA) is 42.3 Å². The number of aromatic nitrogens is 1. The van der Waals surface area contributed by atoms with Gasteiger partial charge >= 0.3 is 0 Å². The molecule has 0 N–H and O–H groups in total. The highest BCUT2D eigenvalue weighted by Crippen LogP contribution is 2.35. The molecule has 6 heteroatoms. The summed E-state index contributed by atoms with van der Waals surface area (Å²) in [7, 11) is 0. The summed E-state index contributed by atoms with van der Waals surface area (Å²) >= 11 is 7.04. The van der Waals surface area contributed by atoms with Gasteiger partial charge in [-0.3, -0.25) is 14.5 Å². The van der Waals surface area contributed by atoms with Gasteiger partial charge in [0.1, 0.15) is 0 Å². The van der Waals surface area contributed by atoms with Crippen LogP contribution in [0.3, 0.4) is 0 Å². The van der Waals surface area contributed by atoms with Gasteiger partial charge in [0.05, 0.1) is 11.4 Å². The fourth-order valence-corrected chi connectivity index (χ4v) is 5.56. The molecule has 36 heavy (non-hydrogen) atoms. The van der Waals surface area contributed by atoms with Crippen molar-refractivity contribution in [1.29, 1.82) is 0 Å². The van der Waals surface area contributed by atoms with E-state index in [0.29, 0.717) is 16.5 Å². The summed E-state index contributed by atoms with van der Waals surface area (Å²) in [5.41, 5.74) is 4.03. The minimum Gasteiger partial charge on any atom is -0.342 e. The average molecular weight is 509 g/mol. The van der Waals surface area contributed by atoms with Crippen molar-refractivity contribution in [3.63, 3.8) is 0 Å². The van der Waals surface area contributed by atoms with E-state index in [9.17, 15) is 9.59 Å². The number of imide groups is 1. The maximum absolute atomic E-state index is 13.3. The summed E-state index contributed by atoms with van der Waals surface area (Å²) in [5.74, 6) is -0.257. The van der Waals surface area contributed by atoms with Crippen molar-refractivity contribution in [2.45, 2.75) is 13.1 Å². The zero-order chi connectivity index (χ0) is 24.6. The first kappa shape index (κ1) is 22.7. The van der Waals surface area contributed by atoms with Crippen LogP contribution < -0.4 is 0 Å². The van der Waals surface area contributed by atoms with Crippen LogP contribution in [-0.2, 0) is 17.9 Å². The molecule has 6 rings (SSSR count).